The Morgan fingerprint density at radius 1 is 0.625 bits per heavy atom. The molecule has 1 aliphatic carbocycles. The number of aryl methyl sites for hydroxylation is 2. The van der Waals surface area contributed by atoms with Crippen LogP contribution in [0.25, 0.3) is 21.5 Å². The van der Waals surface area contributed by atoms with Crippen LogP contribution < -0.4 is 0 Å². The van der Waals surface area contributed by atoms with E-state index in [0.29, 0.717) is 0 Å². The third-order valence-electron chi connectivity index (χ3n) is 4.68. The van der Waals surface area contributed by atoms with Crippen LogP contribution in [0.4, 0.5) is 0 Å². The average molecular weight is 334 g/mol. The summed E-state index contributed by atoms with van der Waals surface area (Å²) >= 11 is 0. The minimum absolute atomic E-state index is 0. The highest BCUT2D eigenvalue weighted by Gasteiger charge is 2.13. The molecule has 4 aromatic rings. The second-order valence-corrected chi connectivity index (χ2v) is 6.09. The Balaban J connectivity index is 0.000000245. The van der Waals surface area contributed by atoms with Gasteiger partial charge >= 0.3 is 0 Å². The molecule has 0 N–H and O–H groups in total. The molecule has 0 spiro atoms. The van der Waals surface area contributed by atoms with Crippen molar-refractivity contribution in [3.8, 4) is 0 Å². The summed E-state index contributed by atoms with van der Waals surface area (Å²) in [6, 6.07) is 21.6. The number of hydrogen-bond donors (Lipinski definition) is 0. The van der Waals surface area contributed by atoms with Gasteiger partial charge in [0.25, 0.3) is 0 Å². The van der Waals surface area contributed by atoms with Crippen molar-refractivity contribution in [1.82, 2.24) is 0 Å². The molecule has 24 heavy (non-hydrogen) atoms. The van der Waals surface area contributed by atoms with Gasteiger partial charge in [-0.2, -0.15) is 13.5 Å². The van der Waals surface area contributed by atoms with Crippen molar-refractivity contribution in [2.75, 3.05) is 0 Å². The van der Waals surface area contributed by atoms with Crippen LogP contribution in [0.15, 0.2) is 77.6 Å². The zero-order chi connectivity index (χ0) is 15.5. The van der Waals surface area contributed by atoms with Crippen LogP contribution in [-0.2, 0) is 12.8 Å². The van der Waals surface area contributed by atoms with Crippen molar-refractivity contribution in [2.45, 2.75) is 25.7 Å². The van der Waals surface area contributed by atoms with Gasteiger partial charge in [0, 0.05) is 0 Å². The number of rotatable bonds is 0. The third-order valence-corrected chi connectivity index (χ3v) is 4.68. The maximum Gasteiger partial charge on any atom is 0.0902 e. The predicted molar refractivity (Wildman–Crippen MR) is 107 cm³/mol. The lowest BCUT2D eigenvalue weighted by molar-refractivity contribution is 0.567. The molecule has 3 aromatic carbocycles. The molecule has 1 heterocycles. The average Bonchev–Trinajstić information content (AvgIpc) is 3.21. The molecule has 122 valence electrons. The van der Waals surface area contributed by atoms with E-state index >= 15 is 0 Å². The molecule has 0 saturated heterocycles. The molecule has 1 aromatic heterocycles. The molecule has 0 unspecified atom stereocenters. The fraction of sp³-hybridized carbons (Fsp3) is 0.182. The smallest absolute Gasteiger partial charge is 0.0902 e. The van der Waals surface area contributed by atoms with Crippen molar-refractivity contribution < 1.29 is 4.42 Å². The summed E-state index contributed by atoms with van der Waals surface area (Å²) in [6.45, 7) is 0. The highest BCUT2D eigenvalue weighted by Crippen LogP contribution is 2.33. The number of furan rings is 1. The molecule has 1 nitrogen and oxygen atoms in total. The Labute approximate surface area is 149 Å². The lowest BCUT2D eigenvalue weighted by atomic mass is 9.86. The van der Waals surface area contributed by atoms with Crippen LogP contribution in [0.3, 0.4) is 0 Å². The Bertz CT molecular complexity index is 908. The van der Waals surface area contributed by atoms with E-state index in [9.17, 15) is 0 Å². The first kappa shape index (κ1) is 16.7. The van der Waals surface area contributed by atoms with Crippen LogP contribution in [0, 0.1) is 0 Å². The molecule has 2 heteroatoms. The molecule has 5 rings (SSSR count). The van der Waals surface area contributed by atoms with Gasteiger partial charge in [0.05, 0.1) is 12.5 Å². The van der Waals surface area contributed by atoms with Gasteiger partial charge in [-0.3, -0.25) is 0 Å². The SMILES string of the molecule is S.c1ccc2c(c1)ccc1c3c(ccc12)CCCC3.c1ccoc1. The largest absolute Gasteiger partial charge is 0.473 e. The van der Waals surface area contributed by atoms with Crippen LogP contribution in [0.2, 0.25) is 0 Å². The Morgan fingerprint density at radius 2 is 1.38 bits per heavy atom. The van der Waals surface area contributed by atoms with E-state index < -0.39 is 0 Å². The fourth-order valence-electron chi connectivity index (χ4n) is 3.57. The molecule has 1 aliphatic rings. The number of hydrogen-bond acceptors (Lipinski definition) is 1. The highest BCUT2D eigenvalue weighted by molar-refractivity contribution is 7.59. The Kier molecular flexibility index (Phi) is 5.27. The Morgan fingerprint density at radius 3 is 2.17 bits per heavy atom. The van der Waals surface area contributed by atoms with Crippen molar-refractivity contribution in [3.05, 3.63) is 84.3 Å². The summed E-state index contributed by atoms with van der Waals surface area (Å²) in [4.78, 5) is 0. The first-order valence-electron chi connectivity index (χ1n) is 8.33. The molecule has 0 aliphatic heterocycles. The summed E-state index contributed by atoms with van der Waals surface area (Å²) in [5, 5.41) is 5.64. The van der Waals surface area contributed by atoms with Gasteiger partial charge in [-0.15, -0.1) is 0 Å². The van der Waals surface area contributed by atoms with E-state index in [1.807, 2.05) is 12.1 Å². The summed E-state index contributed by atoms with van der Waals surface area (Å²) < 4.78 is 4.58. The third kappa shape index (κ3) is 3.20. The highest BCUT2D eigenvalue weighted by atomic mass is 32.1. The normalized spacial score (nSPS) is 12.8. The molecule has 0 bridgehead atoms. The minimum atomic E-state index is 0. The van der Waals surface area contributed by atoms with E-state index in [2.05, 4.69) is 52.9 Å². The lowest BCUT2D eigenvalue weighted by Gasteiger charge is -2.18. The maximum absolute atomic E-state index is 4.58. The zero-order valence-corrected chi connectivity index (χ0v) is 14.7. The molecule has 0 saturated carbocycles. The molecular formula is C22H22OS. The summed E-state index contributed by atoms with van der Waals surface area (Å²) in [7, 11) is 0. The predicted octanol–water partition coefficient (Wildman–Crippen LogP) is 6.26. The van der Waals surface area contributed by atoms with Gasteiger partial charge in [0.15, 0.2) is 0 Å². The quantitative estimate of drug-likeness (QED) is 0.346. The van der Waals surface area contributed by atoms with Gasteiger partial charge in [-0.05, 0) is 70.5 Å². The van der Waals surface area contributed by atoms with Crippen molar-refractivity contribution in [1.29, 1.82) is 0 Å². The number of fused-ring (bicyclic) bond motifs is 5. The van der Waals surface area contributed by atoms with E-state index in [-0.39, 0.29) is 13.5 Å². The van der Waals surface area contributed by atoms with Gasteiger partial charge in [-0.1, -0.05) is 48.5 Å². The zero-order valence-electron chi connectivity index (χ0n) is 13.7. The molecule has 0 atom stereocenters. The summed E-state index contributed by atoms with van der Waals surface area (Å²) in [5.41, 5.74) is 3.17. The topological polar surface area (TPSA) is 13.1 Å². The van der Waals surface area contributed by atoms with Gasteiger partial charge < -0.3 is 4.42 Å². The first-order chi connectivity index (χ1) is 11.4. The van der Waals surface area contributed by atoms with Crippen LogP contribution in [0.5, 0.6) is 0 Å². The van der Waals surface area contributed by atoms with Crippen LogP contribution >= 0.6 is 13.5 Å². The monoisotopic (exact) mass is 334 g/mol. The van der Waals surface area contributed by atoms with Gasteiger partial charge in [0.2, 0.25) is 0 Å². The van der Waals surface area contributed by atoms with Crippen molar-refractivity contribution >= 4 is 35.0 Å². The van der Waals surface area contributed by atoms with Crippen molar-refractivity contribution in [2.24, 2.45) is 0 Å². The molecule has 0 radical (unpaired) electrons. The molecule has 0 amide bonds. The summed E-state index contributed by atoms with van der Waals surface area (Å²) in [5.74, 6) is 0. The first-order valence-corrected chi connectivity index (χ1v) is 8.33. The molecule has 0 fully saturated rings. The second kappa shape index (κ2) is 7.59. The maximum atomic E-state index is 4.58. The van der Waals surface area contributed by atoms with E-state index in [4.69, 9.17) is 0 Å². The van der Waals surface area contributed by atoms with Gasteiger partial charge in [0.1, 0.15) is 0 Å². The van der Waals surface area contributed by atoms with E-state index in [0.717, 1.165) is 0 Å². The van der Waals surface area contributed by atoms with E-state index in [1.54, 1.807) is 23.7 Å². The van der Waals surface area contributed by atoms with Gasteiger partial charge in [-0.25, -0.2) is 0 Å². The van der Waals surface area contributed by atoms with Crippen LogP contribution in [0.1, 0.15) is 24.0 Å². The second-order valence-electron chi connectivity index (χ2n) is 6.09. The Hall–Kier alpha value is -2.19. The standard InChI is InChI=1S/C18H16.C4H4O.H2S/c1-3-7-15-13(5-1)9-11-18-16-8-4-2-6-14(16)10-12-17(15)18;1-2-4-5-3-1;/h1,3,5,7,9-12H,2,4,6,8H2;1-4H;1H2. The van der Waals surface area contributed by atoms with Crippen molar-refractivity contribution in [3.63, 3.8) is 0 Å². The van der Waals surface area contributed by atoms with Crippen LogP contribution in [-0.4, -0.2) is 0 Å². The lowest BCUT2D eigenvalue weighted by Crippen LogP contribution is -2.02. The fourth-order valence-corrected chi connectivity index (χ4v) is 3.57. The molecular weight excluding hydrogens is 312 g/mol. The van der Waals surface area contributed by atoms with E-state index in [1.165, 1.54) is 47.2 Å². The summed E-state index contributed by atoms with van der Waals surface area (Å²) in [6.07, 6.45) is 8.47. The minimum Gasteiger partial charge on any atom is -0.473 e. The number of benzene rings is 3.